The van der Waals surface area contributed by atoms with Crippen molar-refractivity contribution in [1.82, 2.24) is 48.6 Å². The summed E-state index contributed by atoms with van der Waals surface area (Å²) in [4.78, 5) is 117. The highest BCUT2D eigenvalue weighted by atomic mass is 32.7. The van der Waals surface area contributed by atoms with Gasteiger partial charge in [-0.1, -0.05) is 105 Å². The summed E-state index contributed by atoms with van der Waals surface area (Å²) in [7, 11) is 0.0203. The Morgan fingerprint density at radius 3 is 1.63 bits per heavy atom. The van der Waals surface area contributed by atoms with E-state index in [-0.39, 0.29) is 90.1 Å². The highest BCUT2D eigenvalue weighted by molar-refractivity contribution is 8.55. The summed E-state index contributed by atoms with van der Waals surface area (Å²) in [6, 6.07) is 46.1. The summed E-state index contributed by atoms with van der Waals surface area (Å²) < 4.78 is 107. The number of fused-ring (bicyclic) bond motifs is 2. The van der Waals surface area contributed by atoms with Gasteiger partial charge in [0.05, 0.1) is 64.9 Å². The number of carbonyl (C=O) groups excluding carboxylic acids is 3. The number of ether oxygens (including phenoxy) is 6. The molecule has 11 atom stereocenters. The number of methoxy groups -OCH3 is 2. The number of nitrogens with zero attached hydrogens (tertiary/aromatic N) is 11. The first kappa shape index (κ1) is 82.0. The Kier molecular flexibility index (Phi) is 26.7. The second kappa shape index (κ2) is 37.1. The summed E-state index contributed by atoms with van der Waals surface area (Å²) in [6.45, 7) is -7.78. The van der Waals surface area contributed by atoms with Gasteiger partial charge in [0.25, 0.3) is 17.4 Å². The number of aromatic amines is 1. The van der Waals surface area contributed by atoms with Gasteiger partial charge in [0.2, 0.25) is 11.9 Å². The maximum Gasteiger partial charge on any atom is 0.389 e. The van der Waals surface area contributed by atoms with Gasteiger partial charge in [0.1, 0.15) is 78.4 Å². The molecule has 0 spiro atoms. The van der Waals surface area contributed by atoms with Gasteiger partial charge < -0.3 is 53.4 Å². The molecule has 3 fully saturated rings. The van der Waals surface area contributed by atoms with Crippen molar-refractivity contribution < 1.29 is 84.3 Å². The fourth-order valence-corrected chi connectivity index (χ4v) is 20.1. The molecule has 0 aliphatic carbocycles. The molecule has 35 nitrogen and oxygen atoms in total. The number of hydrogen-bond donors (Lipinski definition) is 6. The number of hydrogen-bond acceptors (Lipinski definition) is 30. The molecule has 2 unspecified atom stereocenters. The molecule has 0 bridgehead atoms. The fraction of sp³-hybridized carbons (Fsp3) is 0.338. The third-order valence-corrected chi connectivity index (χ3v) is 26.5. The molecule has 0 radical (unpaired) electrons. The van der Waals surface area contributed by atoms with Gasteiger partial charge in [-0.2, -0.15) is 20.5 Å². The van der Waals surface area contributed by atoms with E-state index in [0.717, 1.165) is 0 Å². The quantitative estimate of drug-likeness (QED) is 0.0122. The van der Waals surface area contributed by atoms with Crippen molar-refractivity contribution >= 4 is 103 Å². The predicted molar refractivity (Wildman–Crippen MR) is 417 cm³/mol. The molecular formula is C74H76N15O20P3S2. The van der Waals surface area contributed by atoms with Gasteiger partial charge in [0, 0.05) is 66.9 Å². The molecule has 5 aromatic heterocycles. The molecule has 3 aliphatic heterocycles. The minimum absolute atomic E-state index is 0.0258. The zero-order valence-corrected chi connectivity index (χ0v) is 65.6. The van der Waals surface area contributed by atoms with E-state index >= 15 is 9.13 Å². The van der Waals surface area contributed by atoms with Gasteiger partial charge in [0.15, 0.2) is 28.1 Å². The van der Waals surface area contributed by atoms with E-state index in [4.69, 9.17) is 51.0 Å². The van der Waals surface area contributed by atoms with Gasteiger partial charge >= 0.3 is 27.9 Å². The number of H-pyrrole nitrogens is 1. The van der Waals surface area contributed by atoms with Crippen LogP contribution in [0.25, 0.3) is 22.3 Å². The number of nitrogens with one attached hydrogen (secondary N) is 4. The monoisotopic (exact) mass is 1650 g/mol. The SMILES string of the molecule is COc1ccc(C(OC[C@H]2O[C@@H](n3ccc(NC(=O)c4ccccc4)nc3=O)C[C@@H]2OP(=O)(OC[C@H]2O[C@@H](n3cnc4c(NC(=O)c5ccccc5)ncnc43)C[C@@H]2OP(=O)(OC[C@H]2O[C@@H](n3cnc4c(=O)[nH]c(NC(=O)C(C)C)nc43)C[C@@H]2OP(O)O)SCCC#N)SCCC#N)(c2ccccc2)c2ccc(OC)cc2)cc1. The van der Waals surface area contributed by atoms with Crippen LogP contribution in [0.4, 0.5) is 17.6 Å². The molecule has 3 saturated heterocycles. The smallest absolute Gasteiger partial charge is 0.389 e. The highest BCUT2D eigenvalue weighted by Gasteiger charge is 2.50. The average molecular weight is 1650 g/mol. The first-order chi connectivity index (χ1) is 55.2. The van der Waals surface area contributed by atoms with Crippen LogP contribution in [0.2, 0.25) is 0 Å². The average Bonchev–Trinajstić information content (AvgIpc) is 0.875. The first-order valence-corrected chi connectivity index (χ1v) is 43.0. The van der Waals surface area contributed by atoms with Crippen LogP contribution in [0.15, 0.2) is 180 Å². The number of imidazole rings is 2. The van der Waals surface area contributed by atoms with Crippen molar-refractivity contribution in [2.75, 3.05) is 61.5 Å². The number of amides is 3. The second-order valence-corrected chi connectivity index (χ2v) is 35.1. The van der Waals surface area contributed by atoms with Crippen molar-refractivity contribution in [3.63, 3.8) is 0 Å². The van der Waals surface area contributed by atoms with Gasteiger partial charge in [-0.3, -0.25) is 61.3 Å². The Morgan fingerprint density at radius 1 is 0.614 bits per heavy atom. The lowest BCUT2D eigenvalue weighted by molar-refractivity contribution is -0.119. The molecule has 594 valence electrons. The van der Waals surface area contributed by atoms with Crippen LogP contribution in [0.1, 0.15) is 102 Å². The topological polar surface area (TPSA) is 453 Å². The van der Waals surface area contributed by atoms with Crippen LogP contribution in [-0.4, -0.2) is 158 Å². The molecule has 0 saturated carbocycles. The maximum atomic E-state index is 16.2. The third kappa shape index (κ3) is 19.2. The third-order valence-electron chi connectivity index (χ3n) is 18.5. The fourth-order valence-electron chi connectivity index (χ4n) is 12.9. The molecule has 8 heterocycles. The van der Waals surface area contributed by atoms with E-state index in [1.54, 1.807) is 113 Å². The summed E-state index contributed by atoms with van der Waals surface area (Å²) in [5.41, 5.74) is -0.285. The van der Waals surface area contributed by atoms with E-state index in [9.17, 15) is 44.3 Å². The van der Waals surface area contributed by atoms with Crippen LogP contribution in [0, 0.1) is 28.6 Å². The summed E-state index contributed by atoms with van der Waals surface area (Å²) in [5.74, 6) is -1.30. The number of benzene rings is 5. The lowest BCUT2D eigenvalue weighted by Crippen LogP contribution is -2.38. The van der Waals surface area contributed by atoms with Crippen LogP contribution in [-0.2, 0) is 61.1 Å². The van der Waals surface area contributed by atoms with E-state index < -0.39 is 131 Å². The van der Waals surface area contributed by atoms with Gasteiger partial charge in [-0.05, 0) is 94.1 Å². The minimum atomic E-state index is -4.72. The van der Waals surface area contributed by atoms with Gasteiger partial charge in [-0.25, -0.2) is 33.9 Å². The molecule has 3 aliphatic rings. The molecule has 40 heteroatoms. The van der Waals surface area contributed by atoms with Crippen LogP contribution in [0.5, 0.6) is 11.5 Å². The van der Waals surface area contributed by atoms with Crippen molar-refractivity contribution in [2.45, 2.75) is 107 Å². The van der Waals surface area contributed by atoms with E-state index in [1.165, 1.54) is 44.9 Å². The number of rotatable bonds is 35. The standard InChI is InChI=1S/C74H76N15O20P3S2/c1-45(2)68(90)85-72-84-67-64(71(93)86-72)80-44-89(67)61-36-53(107-110(95)96)57(105-61)40-102-111(97,113-34-14-31-75)109-55-38-62(88-43-79-63-65(77-42-78-66(63)88)83-70(92)47-18-10-6-11-19-47)106-58(55)41-103-112(98,114-35-15-32-76)108-54-37-60(87-33-30-59(82-73(87)94)81-69(91)46-16-8-5-9-17-46)104-56(54)39-101-74(48-20-12-7-13-21-48,49-22-26-51(99-3)27-23-49)50-24-28-52(100-4)29-25-50/h5-13,16-30,33,42-45,53-58,60-62,95-96H,14-15,34-41H2,1-4H3,(H,77,78,83,92)(H,81,82,91,94)(H2,84,85,86,90,93)/t53-,54-,55-,56+,57+,58+,60+,61+,62+,111?,112?/m0/s1. The maximum absolute atomic E-state index is 16.2. The lowest BCUT2D eigenvalue weighted by Gasteiger charge is -2.37. The molecule has 114 heavy (non-hydrogen) atoms. The van der Waals surface area contributed by atoms with Crippen molar-refractivity contribution in [2.24, 2.45) is 5.92 Å². The van der Waals surface area contributed by atoms with Crippen LogP contribution < -0.4 is 36.7 Å². The van der Waals surface area contributed by atoms with E-state index in [2.05, 4.69) is 56.9 Å². The highest BCUT2D eigenvalue weighted by Crippen LogP contribution is 2.66. The minimum Gasteiger partial charge on any atom is -0.497 e. The van der Waals surface area contributed by atoms with Crippen molar-refractivity contribution in [1.29, 1.82) is 10.5 Å². The summed E-state index contributed by atoms with van der Waals surface area (Å²) in [5, 5.41) is 27.8. The zero-order valence-electron chi connectivity index (χ0n) is 61.3. The van der Waals surface area contributed by atoms with Crippen LogP contribution in [0.3, 0.4) is 0 Å². The summed E-state index contributed by atoms with van der Waals surface area (Å²) >= 11 is 1.32. The Labute approximate surface area is 659 Å². The summed E-state index contributed by atoms with van der Waals surface area (Å²) in [6.07, 6.45) is -6.98. The Morgan fingerprint density at radius 2 is 1.11 bits per heavy atom. The first-order valence-electron chi connectivity index (χ1n) is 35.6. The van der Waals surface area contributed by atoms with Crippen molar-refractivity contribution in [3.05, 3.63) is 219 Å². The normalized spacial score (nSPS) is 20.6. The number of carbonyl (C=O) groups is 3. The number of nitriles is 2. The Balaban J connectivity index is 0.835. The second-order valence-electron chi connectivity index (χ2n) is 26.1. The molecule has 6 N–H and O–H groups in total. The molecule has 10 aromatic rings. The Bertz CT molecular complexity index is 5310. The van der Waals surface area contributed by atoms with E-state index in [0.29, 0.717) is 62.1 Å². The van der Waals surface area contributed by atoms with Crippen LogP contribution >= 0.6 is 45.0 Å². The predicted octanol–water partition coefficient (Wildman–Crippen LogP) is 11.1. The largest absolute Gasteiger partial charge is 0.497 e. The van der Waals surface area contributed by atoms with Crippen molar-refractivity contribution in [3.8, 4) is 23.6 Å². The molecule has 3 amide bonds. The van der Waals surface area contributed by atoms with E-state index in [1.807, 2.05) is 60.7 Å². The molecule has 5 aromatic carbocycles. The Hall–Kier alpha value is -9.98. The van der Waals surface area contributed by atoms with Gasteiger partial charge in [-0.15, -0.1) is 0 Å². The lowest BCUT2D eigenvalue weighted by atomic mass is 9.80. The number of aromatic nitrogens is 10. The zero-order chi connectivity index (χ0) is 80.1. The number of anilines is 3. The molecule has 13 rings (SSSR count). The molecular weight excluding hydrogens is 1580 g/mol.